The number of nitrogen functional groups attached to an aromatic ring is 1. The van der Waals surface area contributed by atoms with E-state index in [-0.39, 0.29) is 5.69 Å². The monoisotopic (exact) mass is 297 g/mol. The number of aromatic nitrogens is 1. The number of ether oxygens (including phenoxy) is 1. The molecule has 1 heterocycles. The minimum Gasteiger partial charge on any atom is -0.432 e. The second-order valence-electron chi connectivity index (χ2n) is 4.40. The quantitative estimate of drug-likeness (QED) is 0.862. The molecule has 2 rings (SSSR count). The molecule has 0 unspecified atom stereocenters. The van der Waals surface area contributed by atoms with Gasteiger partial charge < -0.3 is 15.4 Å². The van der Waals surface area contributed by atoms with E-state index in [4.69, 9.17) is 5.73 Å². The summed E-state index contributed by atoms with van der Waals surface area (Å²) in [6.07, 6.45) is 1.64. The van der Waals surface area contributed by atoms with E-state index in [0.717, 1.165) is 17.8 Å². The molecule has 1 aromatic heterocycles. The zero-order chi connectivity index (χ0) is 15.4. The number of nitrogens with zero attached hydrogens (tertiary/aromatic N) is 2. The molecule has 112 valence electrons. The molecule has 2 N–H and O–H groups in total. The molecular formula is C14H14F3N3O. The van der Waals surface area contributed by atoms with Crippen LogP contribution in [0.25, 0.3) is 0 Å². The SMILES string of the molecule is CN(Cc1ccccn1)c1cc(OC(F)F)c(F)cc1N. The van der Waals surface area contributed by atoms with E-state index in [1.165, 1.54) is 0 Å². The van der Waals surface area contributed by atoms with Crippen LogP contribution in [0.4, 0.5) is 24.5 Å². The van der Waals surface area contributed by atoms with Crippen LogP contribution < -0.4 is 15.4 Å². The predicted molar refractivity (Wildman–Crippen MR) is 73.8 cm³/mol. The van der Waals surface area contributed by atoms with Gasteiger partial charge in [0.2, 0.25) is 0 Å². The van der Waals surface area contributed by atoms with Gasteiger partial charge >= 0.3 is 6.61 Å². The lowest BCUT2D eigenvalue weighted by Gasteiger charge is -2.21. The molecule has 0 radical (unpaired) electrons. The third-order valence-corrected chi connectivity index (χ3v) is 2.83. The number of pyridine rings is 1. The number of anilines is 2. The number of benzene rings is 1. The van der Waals surface area contributed by atoms with Gasteiger partial charge in [-0.25, -0.2) is 4.39 Å². The number of hydrogen-bond acceptors (Lipinski definition) is 4. The summed E-state index contributed by atoms with van der Waals surface area (Å²) < 4.78 is 42.1. The van der Waals surface area contributed by atoms with Crippen molar-refractivity contribution in [2.45, 2.75) is 13.2 Å². The summed E-state index contributed by atoms with van der Waals surface area (Å²) in [4.78, 5) is 5.83. The maximum absolute atomic E-state index is 13.5. The maximum atomic E-state index is 13.5. The molecule has 0 atom stereocenters. The highest BCUT2D eigenvalue weighted by molar-refractivity contribution is 5.69. The molecule has 0 saturated carbocycles. The minimum absolute atomic E-state index is 0.132. The van der Waals surface area contributed by atoms with E-state index < -0.39 is 18.2 Å². The Morgan fingerprint density at radius 2 is 2.10 bits per heavy atom. The molecule has 7 heteroatoms. The third kappa shape index (κ3) is 3.77. The van der Waals surface area contributed by atoms with Crippen molar-refractivity contribution in [2.24, 2.45) is 0 Å². The first kappa shape index (κ1) is 15.0. The van der Waals surface area contributed by atoms with Crippen LogP contribution in [0, 0.1) is 5.82 Å². The van der Waals surface area contributed by atoms with Crippen molar-refractivity contribution in [3.8, 4) is 5.75 Å². The lowest BCUT2D eigenvalue weighted by atomic mass is 10.2. The van der Waals surface area contributed by atoms with Crippen molar-refractivity contribution in [3.63, 3.8) is 0 Å². The molecule has 0 aliphatic rings. The first-order valence-electron chi connectivity index (χ1n) is 6.12. The molecule has 4 nitrogen and oxygen atoms in total. The van der Waals surface area contributed by atoms with Crippen molar-refractivity contribution < 1.29 is 17.9 Å². The van der Waals surface area contributed by atoms with Gasteiger partial charge in [-0.2, -0.15) is 8.78 Å². The fourth-order valence-corrected chi connectivity index (χ4v) is 1.89. The van der Waals surface area contributed by atoms with Crippen molar-refractivity contribution in [1.82, 2.24) is 4.98 Å². The summed E-state index contributed by atoms with van der Waals surface area (Å²) in [5.74, 6) is -1.47. The van der Waals surface area contributed by atoms with Crippen molar-refractivity contribution in [2.75, 3.05) is 17.7 Å². The van der Waals surface area contributed by atoms with Gasteiger partial charge in [0.05, 0.1) is 23.6 Å². The van der Waals surface area contributed by atoms with Crippen LogP contribution in [0.1, 0.15) is 5.69 Å². The van der Waals surface area contributed by atoms with Crippen molar-refractivity contribution in [1.29, 1.82) is 0 Å². The van der Waals surface area contributed by atoms with E-state index in [1.807, 2.05) is 12.1 Å². The van der Waals surface area contributed by atoms with E-state index >= 15 is 0 Å². The first-order valence-corrected chi connectivity index (χ1v) is 6.12. The number of hydrogen-bond donors (Lipinski definition) is 1. The number of alkyl halides is 2. The predicted octanol–water partition coefficient (Wildman–Crippen LogP) is 3.04. The highest BCUT2D eigenvalue weighted by Crippen LogP contribution is 2.31. The molecule has 0 aliphatic carbocycles. The Balaban J connectivity index is 2.25. The van der Waals surface area contributed by atoms with Crippen LogP contribution in [0.15, 0.2) is 36.5 Å². The topological polar surface area (TPSA) is 51.4 Å². The Morgan fingerprint density at radius 3 is 2.71 bits per heavy atom. The Kier molecular flexibility index (Phi) is 4.52. The summed E-state index contributed by atoms with van der Waals surface area (Å²) in [6, 6.07) is 7.54. The average molecular weight is 297 g/mol. The number of halogens is 3. The third-order valence-electron chi connectivity index (χ3n) is 2.83. The minimum atomic E-state index is -3.10. The van der Waals surface area contributed by atoms with Gasteiger partial charge in [0, 0.05) is 25.4 Å². The highest BCUT2D eigenvalue weighted by Gasteiger charge is 2.15. The summed E-state index contributed by atoms with van der Waals surface area (Å²) >= 11 is 0. The summed E-state index contributed by atoms with van der Waals surface area (Å²) in [5, 5.41) is 0. The van der Waals surface area contributed by atoms with Gasteiger partial charge in [-0.05, 0) is 12.1 Å². The molecule has 2 aromatic rings. The van der Waals surface area contributed by atoms with E-state index in [2.05, 4.69) is 9.72 Å². The second-order valence-corrected chi connectivity index (χ2v) is 4.40. The largest absolute Gasteiger partial charge is 0.432 e. The van der Waals surface area contributed by atoms with E-state index in [1.54, 1.807) is 24.2 Å². The molecule has 1 aromatic carbocycles. The van der Waals surface area contributed by atoms with Gasteiger partial charge in [-0.1, -0.05) is 6.07 Å². The van der Waals surface area contributed by atoms with Crippen LogP contribution in [0.3, 0.4) is 0 Å². The van der Waals surface area contributed by atoms with Crippen LogP contribution in [-0.2, 0) is 6.54 Å². The Hall–Kier alpha value is -2.44. The van der Waals surface area contributed by atoms with E-state index in [0.29, 0.717) is 12.2 Å². The lowest BCUT2D eigenvalue weighted by Crippen LogP contribution is -2.19. The molecule has 0 spiro atoms. The zero-order valence-corrected chi connectivity index (χ0v) is 11.3. The van der Waals surface area contributed by atoms with Crippen molar-refractivity contribution >= 4 is 11.4 Å². The average Bonchev–Trinajstić information content (AvgIpc) is 2.42. The highest BCUT2D eigenvalue weighted by atomic mass is 19.3. The Labute approximate surface area is 120 Å². The summed E-state index contributed by atoms with van der Waals surface area (Å²) in [6.45, 7) is -2.71. The van der Waals surface area contributed by atoms with Gasteiger partial charge in [-0.15, -0.1) is 0 Å². The van der Waals surface area contributed by atoms with Crippen molar-refractivity contribution in [3.05, 3.63) is 48.0 Å². The zero-order valence-electron chi connectivity index (χ0n) is 11.3. The van der Waals surface area contributed by atoms with E-state index in [9.17, 15) is 13.2 Å². The molecule has 0 aliphatic heterocycles. The molecule has 0 amide bonds. The van der Waals surface area contributed by atoms with Gasteiger partial charge in [0.25, 0.3) is 0 Å². The van der Waals surface area contributed by atoms with Gasteiger partial charge in [-0.3, -0.25) is 4.98 Å². The normalized spacial score (nSPS) is 10.7. The second kappa shape index (κ2) is 6.34. The standard InChI is InChI=1S/C14H14F3N3O/c1-20(8-9-4-2-3-5-19-9)12-7-13(21-14(16)17)10(15)6-11(12)18/h2-7,14H,8,18H2,1H3. The van der Waals surface area contributed by atoms with Gasteiger partial charge in [0.1, 0.15) is 0 Å². The summed E-state index contributed by atoms with van der Waals surface area (Å²) in [5.41, 5.74) is 7.01. The van der Waals surface area contributed by atoms with Crippen LogP contribution in [0.2, 0.25) is 0 Å². The molecular weight excluding hydrogens is 283 g/mol. The maximum Gasteiger partial charge on any atom is 0.387 e. The molecule has 0 fully saturated rings. The lowest BCUT2D eigenvalue weighted by molar-refractivity contribution is -0.0521. The smallest absolute Gasteiger partial charge is 0.387 e. The fourth-order valence-electron chi connectivity index (χ4n) is 1.89. The molecule has 0 saturated heterocycles. The van der Waals surface area contributed by atoms with Gasteiger partial charge in [0.15, 0.2) is 11.6 Å². The van der Waals surface area contributed by atoms with Crippen LogP contribution in [0.5, 0.6) is 5.75 Å². The van der Waals surface area contributed by atoms with Crippen LogP contribution >= 0.6 is 0 Å². The molecule has 0 bridgehead atoms. The summed E-state index contributed by atoms with van der Waals surface area (Å²) in [7, 11) is 1.70. The number of nitrogens with two attached hydrogens (primary N) is 1. The Bertz CT molecular complexity index is 608. The Morgan fingerprint density at radius 1 is 1.33 bits per heavy atom. The first-order chi connectivity index (χ1) is 9.97. The fraction of sp³-hybridized carbons (Fsp3) is 0.214. The number of rotatable bonds is 5. The van der Waals surface area contributed by atoms with Crippen LogP contribution in [-0.4, -0.2) is 18.6 Å². The molecule has 21 heavy (non-hydrogen) atoms.